The van der Waals surface area contributed by atoms with Gasteiger partial charge in [0.25, 0.3) is 0 Å². The summed E-state index contributed by atoms with van der Waals surface area (Å²) in [6.45, 7) is 14.6. The smallest absolute Gasteiger partial charge is 0.242 e. The lowest BCUT2D eigenvalue weighted by molar-refractivity contribution is -0.128. The summed E-state index contributed by atoms with van der Waals surface area (Å²) >= 11 is 0. The number of rotatable bonds is 14. The van der Waals surface area contributed by atoms with Gasteiger partial charge in [-0.05, 0) is 67.0 Å². The van der Waals surface area contributed by atoms with Crippen LogP contribution in [-0.2, 0) is 30.6 Å². The van der Waals surface area contributed by atoms with Crippen LogP contribution in [-0.4, -0.2) is 66.4 Å². The quantitative estimate of drug-likeness (QED) is 0.301. The number of hydrogen-bond donors (Lipinski definition) is 1. The van der Waals surface area contributed by atoms with Gasteiger partial charge in [0.05, 0.1) is 37.2 Å². The van der Waals surface area contributed by atoms with Crippen LogP contribution in [0.4, 0.5) is 4.39 Å². The summed E-state index contributed by atoms with van der Waals surface area (Å²) in [6, 6.07) is 12.0. The standard InChI is InChI=1S/C29H45FN2O6SSi/c1-21(19-37-20-23-10-14-25(36-7)15-11-23)31-28(33)22(2)27(38-40(8,9)29(3,4)5)18-32(6)39(34,35)26-16-12-24(30)13-17-26/h10-17,21-22,27H,18-20H2,1-9H3,(H,31,33)/t21-,22-,27-/m0/s1. The first-order valence-electron chi connectivity index (χ1n) is 13.4. The fourth-order valence-corrected chi connectivity index (χ4v) is 6.22. The molecule has 2 rings (SSSR count). The molecule has 0 radical (unpaired) electrons. The largest absolute Gasteiger partial charge is 0.497 e. The van der Waals surface area contributed by atoms with Crippen molar-refractivity contribution in [3.63, 3.8) is 0 Å². The zero-order valence-electron chi connectivity index (χ0n) is 25.2. The second-order valence-electron chi connectivity index (χ2n) is 11.7. The van der Waals surface area contributed by atoms with E-state index in [1.54, 1.807) is 14.0 Å². The van der Waals surface area contributed by atoms with Gasteiger partial charge in [-0.25, -0.2) is 12.8 Å². The first-order chi connectivity index (χ1) is 18.5. The van der Waals surface area contributed by atoms with Gasteiger partial charge in [0.2, 0.25) is 15.9 Å². The van der Waals surface area contributed by atoms with Crippen molar-refractivity contribution in [2.24, 2.45) is 5.92 Å². The van der Waals surface area contributed by atoms with Crippen LogP contribution >= 0.6 is 0 Å². The van der Waals surface area contributed by atoms with Crippen molar-refractivity contribution in [3.8, 4) is 5.75 Å². The maximum absolute atomic E-state index is 13.4. The predicted octanol–water partition coefficient (Wildman–Crippen LogP) is 5.20. The Bertz CT molecular complexity index is 1200. The summed E-state index contributed by atoms with van der Waals surface area (Å²) in [7, 11) is -3.25. The van der Waals surface area contributed by atoms with E-state index in [2.05, 4.69) is 39.2 Å². The van der Waals surface area contributed by atoms with E-state index < -0.39 is 36.2 Å². The van der Waals surface area contributed by atoms with Gasteiger partial charge in [0.1, 0.15) is 11.6 Å². The Labute approximate surface area is 240 Å². The number of sulfonamides is 1. The molecule has 3 atom stereocenters. The van der Waals surface area contributed by atoms with Crippen molar-refractivity contribution in [3.05, 3.63) is 59.9 Å². The molecule has 8 nitrogen and oxygen atoms in total. The molecule has 0 fully saturated rings. The van der Waals surface area contributed by atoms with Gasteiger partial charge in [-0.1, -0.05) is 39.8 Å². The molecule has 40 heavy (non-hydrogen) atoms. The normalized spacial score (nSPS) is 15.0. The molecule has 0 unspecified atom stereocenters. The first-order valence-corrected chi connectivity index (χ1v) is 17.7. The number of nitrogens with one attached hydrogen (secondary N) is 1. The number of hydrogen-bond acceptors (Lipinski definition) is 6. The van der Waals surface area contributed by atoms with E-state index in [-0.39, 0.29) is 28.4 Å². The molecular weight excluding hydrogens is 551 g/mol. The van der Waals surface area contributed by atoms with Crippen molar-refractivity contribution < 1.29 is 31.5 Å². The molecule has 1 N–H and O–H groups in total. The van der Waals surface area contributed by atoms with Crippen LogP contribution < -0.4 is 10.1 Å². The van der Waals surface area contributed by atoms with Gasteiger partial charge < -0.3 is 19.2 Å². The maximum Gasteiger partial charge on any atom is 0.242 e. The number of benzene rings is 2. The van der Waals surface area contributed by atoms with Gasteiger partial charge in [0.15, 0.2) is 8.32 Å². The highest BCUT2D eigenvalue weighted by atomic mass is 32.2. The van der Waals surface area contributed by atoms with E-state index in [0.717, 1.165) is 23.4 Å². The van der Waals surface area contributed by atoms with Crippen LogP contribution in [0.25, 0.3) is 0 Å². The number of amides is 1. The highest BCUT2D eigenvalue weighted by molar-refractivity contribution is 7.89. The minimum atomic E-state index is -3.92. The number of halogens is 1. The summed E-state index contributed by atoms with van der Waals surface area (Å²) in [4.78, 5) is 13.3. The summed E-state index contributed by atoms with van der Waals surface area (Å²) in [5, 5.41) is 2.83. The van der Waals surface area contributed by atoms with Gasteiger partial charge >= 0.3 is 0 Å². The number of ether oxygens (including phenoxy) is 2. The molecule has 0 aliphatic rings. The van der Waals surface area contributed by atoms with E-state index in [4.69, 9.17) is 13.9 Å². The average molecular weight is 597 g/mol. The van der Waals surface area contributed by atoms with Gasteiger partial charge in [0, 0.05) is 19.6 Å². The Morgan fingerprint density at radius 3 is 2.15 bits per heavy atom. The van der Waals surface area contributed by atoms with E-state index in [1.165, 1.54) is 23.5 Å². The van der Waals surface area contributed by atoms with Crippen LogP contribution in [0.15, 0.2) is 53.4 Å². The molecule has 0 aliphatic carbocycles. The molecule has 11 heteroatoms. The molecule has 0 spiro atoms. The van der Waals surface area contributed by atoms with Crippen LogP contribution in [0.3, 0.4) is 0 Å². The minimum absolute atomic E-state index is 0.0257. The lowest BCUT2D eigenvalue weighted by Crippen LogP contribution is -2.52. The van der Waals surface area contributed by atoms with E-state index in [9.17, 15) is 17.6 Å². The Hall–Kier alpha value is -2.31. The summed E-state index contributed by atoms with van der Waals surface area (Å²) in [6.07, 6.45) is -0.700. The minimum Gasteiger partial charge on any atom is -0.497 e. The molecule has 224 valence electrons. The third kappa shape index (κ3) is 9.37. The molecule has 0 bridgehead atoms. The maximum atomic E-state index is 13.4. The van der Waals surface area contributed by atoms with E-state index in [1.807, 2.05) is 31.2 Å². The topological polar surface area (TPSA) is 94.2 Å². The number of likely N-dealkylation sites (N-methyl/N-ethyl adjacent to an activating group) is 1. The number of methoxy groups -OCH3 is 1. The zero-order valence-corrected chi connectivity index (χ0v) is 27.0. The third-order valence-electron chi connectivity index (χ3n) is 7.37. The molecule has 0 saturated heterocycles. The van der Waals surface area contributed by atoms with Gasteiger partial charge in [-0.15, -0.1) is 0 Å². The van der Waals surface area contributed by atoms with Crippen LogP contribution in [0.2, 0.25) is 18.1 Å². The molecule has 2 aromatic rings. The van der Waals surface area contributed by atoms with E-state index in [0.29, 0.717) is 13.2 Å². The van der Waals surface area contributed by atoms with Crippen molar-refractivity contribution in [1.29, 1.82) is 0 Å². The SMILES string of the molecule is COc1ccc(COC[C@H](C)NC(=O)[C@@H](C)[C@H](CN(C)S(=O)(=O)c2ccc(F)cc2)O[Si](C)(C)C(C)(C)C)cc1. The van der Waals surface area contributed by atoms with Crippen molar-refractivity contribution >= 4 is 24.2 Å². The van der Waals surface area contributed by atoms with Crippen LogP contribution in [0.1, 0.15) is 40.2 Å². The fourth-order valence-electron chi connectivity index (χ4n) is 3.65. The molecule has 0 heterocycles. The van der Waals surface area contributed by atoms with Crippen LogP contribution in [0.5, 0.6) is 5.75 Å². The monoisotopic (exact) mass is 596 g/mol. The molecule has 0 aromatic heterocycles. The molecule has 1 amide bonds. The zero-order chi connectivity index (χ0) is 30.3. The van der Waals surface area contributed by atoms with Crippen LogP contribution in [0, 0.1) is 11.7 Å². The Kier molecular flexibility index (Phi) is 11.9. The Morgan fingerprint density at radius 1 is 1.05 bits per heavy atom. The molecular formula is C29H45FN2O6SSi. The summed E-state index contributed by atoms with van der Waals surface area (Å²) < 4.78 is 58.6. The Morgan fingerprint density at radius 2 is 1.62 bits per heavy atom. The molecule has 2 aromatic carbocycles. The lowest BCUT2D eigenvalue weighted by Gasteiger charge is -2.41. The van der Waals surface area contributed by atoms with E-state index >= 15 is 0 Å². The number of carbonyl (C=O) groups is 1. The predicted molar refractivity (Wildman–Crippen MR) is 158 cm³/mol. The second-order valence-corrected chi connectivity index (χ2v) is 18.5. The first kappa shape index (κ1) is 33.9. The average Bonchev–Trinajstić information content (AvgIpc) is 2.87. The number of carbonyl (C=O) groups excluding carboxylic acids is 1. The number of nitrogens with zero attached hydrogens (tertiary/aromatic N) is 1. The van der Waals surface area contributed by atoms with Gasteiger partial charge in [-0.3, -0.25) is 4.79 Å². The molecule has 0 aliphatic heterocycles. The molecule has 0 saturated carbocycles. The summed E-state index contributed by atoms with van der Waals surface area (Å²) in [5.74, 6) is -0.655. The summed E-state index contributed by atoms with van der Waals surface area (Å²) in [5.41, 5.74) is 0.987. The fraction of sp³-hybridized carbons (Fsp3) is 0.552. The Balaban J connectivity index is 2.11. The second kappa shape index (κ2) is 14.0. The third-order valence-corrected chi connectivity index (χ3v) is 13.7. The van der Waals surface area contributed by atoms with Crippen molar-refractivity contribution in [2.45, 2.75) is 76.4 Å². The highest BCUT2D eigenvalue weighted by Gasteiger charge is 2.42. The van der Waals surface area contributed by atoms with Crippen molar-refractivity contribution in [1.82, 2.24) is 9.62 Å². The lowest BCUT2D eigenvalue weighted by atomic mass is 10.0. The van der Waals surface area contributed by atoms with Crippen molar-refractivity contribution in [2.75, 3.05) is 27.3 Å². The highest BCUT2D eigenvalue weighted by Crippen LogP contribution is 2.38. The van der Waals surface area contributed by atoms with Gasteiger partial charge in [-0.2, -0.15) is 4.31 Å².